The number of amides is 4. The van der Waals surface area contributed by atoms with Crippen LogP contribution in [0.15, 0.2) is 70.9 Å². The molecule has 0 fully saturated rings. The van der Waals surface area contributed by atoms with Crippen molar-refractivity contribution in [3.05, 3.63) is 71.8 Å². The summed E-state index contributed by atoms with van der Waals surface area (Å²) in [5.41, 5.74) is 18.4. The van der Waals surface area contributed by atoms with Crippen LogP contribution in [0.3, 0.4) is 0 Å². The van der Waals surface area contributed by atoms with E-state index in [0.29, 0.717) is 0 Å². The van der Waals surface area contributed by atoms with Gasteiger partial charge in [0.05, 0.1) is 0 Å². The largest absolute Gasteiger partial charge is 0.350 e. The number of hydrazone groups is 2. The molecule has 0 spiro atoms. The molecule has 4 amide bonds. The van der Waals surface area contributed by atoms with Crippen LogP contribution in [-0.2, 0) is 12.8 Å². The number of primary amides is 2. The van der Waals surface area contributed by atoms with Crippen LogP contribution in [0.2, 0.25) is 0 Å². The SMILES string of the molecule is C/C(CCc1ccccc1)=N\NC(N)=O.C/C(CCc1ccccc1)=N\NC(N)=O. The lowest BCUT2D eigenvalue weighted by Gasteiger charge is -2.01. The van der Waals surface area contributed by atoms with Gasteiger partial charge in [-0.25, -0.2) is 20.4 Å². The molecular formula is C22H30N6O2. The van der Waals surface area contributed by atoms with E-state index in [1.807, 2.05) is 50.2 Å². The lowest BCUT2D eigenvalue weighted by atomic mass is 10.1. The van der Waals surface area contributed by atoms with Crippen molar-refractivity contribution in [3.8, 4) is 0 Å². The Kier molecular flexibility index (Phi) is 11.6. The molecule has 0 aliphatic heterocycles. The van der Waals surface area contributed by atoms with E-state index in [2.05, 4.69) is 45.3 Å². The molecule has 0 aliphatic rings. The van der Waals surface area contributed by atoms with Gasteiger partial charge in [-0.05, 0) is 50.7 Å². The fourth-order valence-corrected chi connectivity index (χ4v) is 2.35. The first-order valence-electron chi connectivity index (χ1n) is 9.62. The molecule has 0 heterocycles. The highest BCUT2D eigenvalue weighted by Crippen LogP contribution is 2.03. The summed E-state index contributed by atoms with van der Waals surface area (Å²) in [5.74, 6) is 0. The first-order valence-corrected chi connectivity index (χ1v) is 9.62. The smallest absolute Gasteiger partial charge is 0.332 e. The van der Waals surface area contributed by atoms with Gasteiger partial charge >= 0.3 is 12.1 Å². The molecule has 160 valence electrons. The van der Waals surface area contributed by atoms with Crippen molar-refractivity contribution in [3.63, 3.8) is 0 Å². The van der Waals surface area contributed by atoms with Gasteiger partial charge in [0.15, 0.2) is 0 Å². The number of hydrogen-bond acceptors (Lipinski definition) is 4. The molecule has 30 heavy (non-hydrogen) atoms. The Bertz CT molecular complexity index is 764. The molecule has 0 saturated carbocycles. The van der Waals surface area contributed by atoms with Crippen molar-refractivity contribution >= 4 is 23.5 Å². The highest BCUT2D eigenvalue weighted by Gasteiger charge is 1.96. The minimum Gasteiger partial charge on any atom is -0.350 e. The molecular weight excluding hydrogens is 380 g/mol. The van der Waals surface area contributed by atoms with E-state index in [9.17, 15) is 9.59 Å². The van der Waals surface area contributed by atoms with Crippen LogP contribution in [0.25, 0.3) is 0 Å². The predicted molar refractivity (Wildman–Crippen MR) is 121 cm³/mol. The van der Waals surface area contributed by atoms with Crippen molar-refractivity contribution in [1.29, 1.82) is 0 Å². The molecule has 2 rings (SSSR count). The molecule has 8 nitrogen and oxygen atoms in total. The first-order chi connectivity index (χ1) is 14.4. The Labute approximate surface area is 177 Å². The Morgan fingerprint density at radius 2 is 1.03 bits per heavy atom. The maximum Gasteiger partial charge on any atom is 0.332 e. The maximum atomic E-state index is 10.4. The molecule has 6 N–H and O–H groups in total. The minimum absolute atomic E-state index is 0.630. The van der Waals surface area contributed by atoms with Crippen LogP contribution in [-0.4, -0.2) is 23.5 Å². The first kappa shape index (κ1) is 24.4. The third-order valence-corrected chi connectivity index (χ3v) is 3.95. The second-order valence-electron chi connectivity index (χ2n) is 6.62. The number of benzene rings is 2. The van der Waals surface area contributed by atoms with E-state index < -0.39 is 12.1 Å². The highest BCUT2D eigenvalue weighted by molar-refractivity contribution is 5.84. The molecule has 0 aromatic heterocycles. The number of nitrogens with one attached hydrogen (secondary N) is 2. The fourth-order valence-electron chi connectivity index (χ4n) is 2.35. The van der Waals surface area contributed by atoms with Gasteiger partial charge in [-0.15, -0.1) is 0 Å². The summed E-state index contributed by atoms with van der Waals surface area (Å²) in [6.07, 6.45) is 3.45. The van der Waals surface area contributed by atoms with Gasteiger partial charge in [0.25, 0.3) is 0 Å². The van der Waals surface area contributed by atoms with Gasteiger partial charge in [-0.2, -0.15) is 10.2 Å². The topological polar surface area (TPSA) is 135 Å². The molecule has 0 atom stereocenters. The van der Waals surface area contributed by atoms with Crippen molar-refractivity contribution in [2.75, 3.05) is 0 Å². The summed E-state index contributed by atoms with van der Waals surface area (Å²) in [5, 5.41) is 7.66. The summed E-state index contributed by atoms with van der Waals surface area (Å²) in [6.45, 7) is 3.72. The van der Waals surface area contributed by atoms with E-state index in [4.69, 9.17) is 11.5 Å². The van der Waals surface area contributed by atoms with Gasteiger partial charge in [-0.1, -0.05) is 60.7 Å². The second kappa shape index (κ2) is 14.3. The predicted octanol–water partition coefficient (Wildman–Crippen LogP) is 3.33. The lowest BCUT2D eigenvalue weighted by Crippen LogP contribution is -2.25. The van der Waals surface area contributed by atoms with E-state index in [1.165, 1.54) is 11.1 Å². The number of aryl methyl sites for hydroxylation is 2. The number of carbonyl (C=O) groups excluding carboxylic acids is 2. The van der Waals surface area contributed by atoms with E-state index in [-0.39, 0.29) is 0 Å². The molecule has 0 aliphatic carbocycles. The van der Waals surface area contributed by atoms with Crippen molar-refractivity contribution in [2.24, 2.45) is 21.7 Å². The summed E-state index contributed by atoms with van der Waals surface area (Å²) >= 11 is 0. The maximum absolute atomic E-state index is 10.4. The van der Waals surface area contributed by atoms with Crippen LogP contribution >= 0.6 is 0 Å². The molecule has 8 heteroatoms. The highest BCUT2D eigenvalue weighted by atomic mass is 16.2. The van der Waals surface area contributed by atoms with E-state index in [1.54, 1.807) is 0 Å². The number of urea groups is 2. The number of rotatable bonds is 8. The standard InChI is InChI=1S/2C11H15N3O/c2*1-9(13-14-11(12)15)7-8-10-5-3-2-4-6-10/h2*2-6H,7-8H2,1H3,(H3,12,14,15)/b2*13-9+. The molecule has 0 radical (unpaired) electrons. The zero-order chi connectivity index (χ0) is 22.2. The number of nitrogens with two attached hydrogens (primary N) is 2. The molecule has 0 saturated heterocycles. The van der Waals surface area contributed by atoms with Crippen LogP contribution in [0.4, 0.5) is 9.59 Å². The third kappa shape index (κ3) is 12.7. The third-order valence-electron chi connectivity index (χ3n) is 3.95. The van der Waals surface area contributed by atoms with Crippen LogP contribution < -0.4 is 22.3 Å². The quantitative estimate of drug-likeness (QED) is 0.392. The van der Waals surface area contributed by atoms with Crippen molar-refractivity contribution in [2.45, 2.75) is 39.5 Å². The summed E-state index contributed by atoms with van der Waals surface area (Å²) < 4.78 is 0. The normalized spacial score (nSPS) is 11.1. The van der Waals surface area contributed by atoms with Crippen LogP contribution in [0.5, 0.6) is 0 Å². The Hall–Kier alpha value is -3.68. The number of carbonyl (C=O) groups is 2. The van der Waals surface area contributed by atoms with Gasteiger partial charge in [0.2, 0.25) is 0 Å². The van der Waals surface area contributed by atoms with E-state index >= 15 is 0 Å². The fraction of sp³-hybridized carbons (Fsp3) is 0.273. The zero-order valence-corrected chi connectivity index (χ0v) is 17.5. The van der Waals surface area contributed by atoms with E-state index in [0.717, 1.165) is 37.1 Å². The summed E-state index contributed by atoms with van der Waals surface area (Å²) in [6, 6.07) is 19.0. The Balaban J connectivity index is 0.000000300. The number of hydrogen-bond donors (Lipinski definition) is 4. The second-order valence-corrected chi connectivity index (χ2v) is 6.62. The Morgan fingerprint density at radius 3 is 1.33 bits per heavy atom. The lowest BCUT2D eigenvalue weighted by molar-refractivity contribution is 0.248. The average molecular weight is 411 g/mol. The molecule has 0 bridgehead atoms. The summed E-state index contributed by atoms with van der Waals surface area (Å²) in [4.78, 5) is 20.8. The average Bonchev–Trinajstić information content (AvgIpc) is 2.75. The zero-order valence-electron chi connectivity index (χ0n) is 17.5. The van der Waals surface area contributed by atoms with Gasteiger partial charge < -0.3 is 11.5 Å². The van der Waals surface area contributed by atoms with Gasteiger partial charge in [-0.3, -0.25) is 0 Å². The number of nitrogens with zero attached hydrogens (tertiary/aromatic N) is 2. The molecule has 2 aromatic rings. The van der Waals surface area contributed by atoms with Crippen molar-refractivity contribution < 1.29 is 9.59 Å². The van der Waals surface area contributed by atoms with Crippen molar-refractivity contribution in [1.82, 2.24) is 10.9 Å². The van der Waals surface area contributed by atoms with Crippen LogP contribution in [0, 0.1) is 0 Å². The monoisotopic (exact) mass is 410 g/mol. The van der Waals surface area contributed by atoms with Gasteiger partial charge in [0, 0.05) is 11.4 Å². The molecule has 2 aromatic carbocycles. The minimum atomic E-state index is -0.630. The Morgan fingerprint density at radius 1 is 0.700 bits per heavy atom. The van der Waals surface area contributed by atoms with Gasteiger partial charge in [0.1, 0.15) is 0 Å². The molecule has 0 unspecified atom stereocenters. The van der Waals surface area contributed by atoms with Crippen LogP contribution in [0.1, 0.15) is 37.8 Å². The summed E-state index contributed by atoms with van der Waals surface area (Å²) in [7, 11) is 0.